The summed E-state index contributed by atoms with van der Waals surface area (Å²) in [6, 6.07) is 9.05. The largest absolute Gasteiger partial charge is 0.384 e. The molecule has 9 nitrogen and oxygen atoms in total. The first-order valence-corrected chi connectivity index (χ1v) is 9.18. The normalized spacial score (nSPS) is 12.1. The number of anilines is 1. The van der Waals surface area contributed by atoms with Crippen molar-refractivity contribution in [2.24, 2.45) is 14.1 Å². The molecular formula is C20H24N6O3. The molecule has 0 amide bonds. The lowest BCUT2D eigenvalue weighted by Gasteiger charge is -2.17. The molecule has 1 atom stereocenters. The number of nitrogens with two attached hydrogens (primary N) is 1. The van der Waals surface area contributed by atoms with Gasteiger partial charge in [0.1, 0.15) is 11.4 Å². The summed E-state index contributed by atoms with van der Waals surface area (Å²) >= 11 is 0. The van der Waals surface area contributed by atoms with Crippen LogP contribution in [0.2, 0.25) is 0 Å². The molecule has 2 aromatic heterocycles. The third kappa shape index (κ3) is 4.04. The number of nitrogen functional groups attached to an aromatic ring is 1. The highest BCUT2D eigenvalue weighted by Crippen LogP contribution is 2.12. The predicted octanol–water partition coefficient (Wildman–Crippen LogP) is 0.272. The Bertz CT molecular complexity index is 1140. The molecule has 0 spiro atoms. The van der Waals surface area contributed by atoms with Gasteiger partial charge in [0.05, 0.1) is 12.6 Å². The van der Waals surface area contributed by atoms with Crippen molar-refractivity contribution in [3.05, 3.63) is 80.3 Å². The number of hydrogen-bond acceptors (Lipinski definition) is 6. The van der Waals surface area contributed by atoms with Crippen LogP contribution in [0.3, 0.4) is 0 Å². The van der Waals surface area contributed by atoms with Crippen molar-refractivity contribution in [2.45, 2.75) is 26.1 Å². The highest BCUT2D eigenvalue weighted by Gasteiger charge is 2.24. The zero-order chi connectivity index (χ0) is 21.1. The molecule has 0 bridgehead atoms. The Labute approximate surface area is 167 Å². The maximum Gasteiger partial charge on any atom is 0.332 e. The monoisotopic (exact) mass is 396 g/mol. The van der Waals surface area contributed by atoms with E-state index in [-0.39, 0.29) is 11.4 Å². The number of carbonyl (C=O) groups excluding carboxylic acids is 1. The fraction of sp³-hybridized carbons (Fsp3) is 0.300. The lowest BCUT2D eigenvalue weighted by Crippen LogP contribution is -2.45. The minimum Gasteiger partial charge on any atom is -0.384 e. The van der Waals surface area contributed by atoms with Gasteiger partial charge in [-0.25, -0.2) is 4.79 Å². The highest BCUT2D eigenvalue weighted by atomic mass is 16.2. The molecule has 0 radical (unpaired) electrons. The van der Waals surface area contributed by atoms with Gasteiger partial charge in [-0.1, -0.05) is 24.3 Å². The Morgan fingerprint density at radius 3 is 2.48 bits per heavy atom. The first-order valence-electron chi connectivity index (χ1n) is 9.18. The van der Waals surface area contributed by atoms with Crippen molar-refractivity contribution in [3.8, 4) is 0 Å². The van der Waals surface area contributed by atoms with Gasteiger partial charge in [0, 0.05) is 33.0 Å². The Hall–Kier alpha value is -3.46. The molecular weight excluding hydrogens is 372 g/mol. The van der Waals surface area contributed by atoms with Crippen LogP contribution in [0.4, 0.5) is 5.82 Å². The van der Waals surface area contributed by atoms with Crippen LogP contribution in [-0.4, -0.2) is 30.7 Å². The van der Waals surface area contributed by atoms with E-state index in [0.717, 1.165) is 20.3 Å². The topological polar surface area (TPSA) is 117 Å². The summed E-state index contributed by atoms with van der Waals surface area (Å²) in [6.45, 7) is 2.71. The quantitative estimate of drug-likeness (QED) is 0.554. The van der Waals surface area contributed by atoms with Crippen molar-refractivity contribution in [3.63, 3.8) is 0 Å². The number of rotatable bonds is 7. The third-order valence-corrected chi connectivity index (χ3v) is 4.96. The average molecular weight is 396 g/mol. The molecule has 0 saturated carbocycles. The zero-order valence-corrected chi connectivity index (χ0v) is 16.6. The van der Waals surface area contributed by atoms with Crippen molar-refractivity contribution in [1.29, 1.82) is 0 Å². The number of nitrogens with one attached hydrogen (secondary N) is 1. The van der Waals surface area contributed by atoms with Crippen molar-refractivity contribution >= 4 is 11.6 Å². The Morgan fingerprint density at radius 2 is 1.83 bits per heavy atom. The zero-order valence-electron chi connectivity index (χ0n) is 16.6. The maximum atomic E-state index is 12.9. The van der Waals surface area contributed by atoms with E-state index in [1.807, 2.05) is 41.2 Å². The molecule has 3 aromatic rings. The molecule has 0 aliphatic rings. The summed E-state index contributed by atoms with van der Waals surface area (Å²) in [7, 11) is 2.75. The second kappa shape index (κ2) is 8.27. The van der Waals surface area contributed by atoms with Crippen molar-refractivity contribution in [2.75, 3.05) is 5.73 Å². The van der Waals surface area contributed by atoms with Crippen LogP contribution >= 0.6 is 0 Å². The Kier molecular flexibility index (Phi) is 5.79. The maximum absolute atomic E-state index is 12.9. The lowest BCUT2D eigenvalue weighted by molar-refractivity contribution is 0.0948. The molecule has 3 rings (SSSR count). The first-order chi connectivity index (χ1) is 13.8. The summed E-state index contributed by atoms with van der Waals surface area (Å²) in [5.74, 6) is -0.584. The minimum atomic E-state index is -0.691. The van der Waals surface area contributed by atoms with E-state index in [1.54, 1.807) is 13.1 Å². The SMILES string of the molecule is C[C@@H](NCc1ccccc1Cn1cccn1)C(=O)c1c(N)n(C)c(=O)n(C)c1=O. The van der Waals surface area contributed by atoms with E-state index in [4.69, 9.17) is 5.73 Å². The molecule has 152 valence electrons. The molecule has 3 N–H and O–H groups in total. The first kappa shape index (κ1) is 20.3. The summed E-state index contributed by atoms with van der Waals surface area (Å²) in [4.78, 5) is 37.3. The predicted molar refractivity (Wildman–Crippen MR) is 110 cm³/mol. The number of benzene rings is 1. The summed E-state index contributed by atoms with van der Waals surface area (Å²) in [5, 5.41) is 7.38. The summed E-state index contributed by atoms with van der Waals surface area (Å²) in [5.41, 5.74) is 6.53. The molecule has 2 heterocycles. The van der Waals surface area contributed by atoms with Gasteiger partial charge in [0.15, 0.2) is 5.78 Å². The highest BCUT2D eigenvalue weighted by molar-refractivity contribution is 6.03. The van der Waals surface area contributed by atoms with Crippen LogP contribution in [-0.2, 0) is 27.2 Å². The molecule has 9 heteroatoms. The van der Waals surface area contributed by atoms with Gasteiger partial charge in [0.2, 0.25) is 0 Å². The van der Waals surface area contributed by atoms with Crippen LogP contribution in [0.1, 0.15) is 28.4 Å². The number of nitrogens with zero attached hydrogens (tertiary/aromatic N) is 4. The van der Waals surface area contributed by atoms with Crippen LogP contribution < -0.4 is 22.3 Å². The molecule has 0 aliphatic carbocycles. The van der Waals surface area contributed by atoms with Gasteiger partial charge >= 0.3 is 5.69 Å². The average Bonchev–Trinajstić information content (AvgIpc) is 3.23. The standard InChI is InChI=1S/C20H24N6O3/c1-13(17(27)16-18(21)24(2)20(29)25(3)19(16)28)22-11-14-7-4-5-8-15(14)12-26-10-6-9-23-26/h4-10,13,22H,11-12,21H2,1-3H3/t13-/m1/s1. The summed E-state index contributed by atoms with van der Waals surface area (Å²) in [6.07, 6.45) is 3.61. The van der Waals surface area contributed by atoms with E-state index >= 15 is 0 Å². The van der Waals surface area contributed by atoms with Crippen LogP contribution in [0.15, 0.2) is 52.3 Å². The molecule has 1 aromatic carbocycles. The number of aromatic nitrogens is 4. The second-order valence-electron chi connectivity index (χ2n) is 6.91. The van der Waals surface area contributed by atoms with Crippen LogP contribution in [0.25, 0.3) is 0 Å². The van der Waals surface area contributed by atoms with Gasteiger partial charge in [-0.15, -0.1) is 0 Å². The Balaban J connectivity index is 1.79. The minimum absolute atomic E-state index is 0.129. The van der Waals surface area contributed by atoms with Gasteiger partial charge in [-0.3, -0.25) is 23.4 Å². The van der Waals surface area contributed by atoms with E-state index in [1.165, 1.54) is 14.1 Å². The van der Waals surface area contributed by atoms with Crippen molar-refractivity contribution in [1.82, 2.24) is 24.2 Å². The molecule has 0 unspecified atom stereocenters. The summed E-state index contributed by atoms with van der Waals surface area (Å²) < 4.78 is 3.80. The van der Waals surface area contributed by atoms with Crippen molar-refractivity contribution < 1.29 is 4.79 Å². The number of hydrogen-bond donors (Lipinski definition) is 2. The van der Waals surface area contributed by atoms with Crippen LogP contribution in [0, 0.1) is 0 Å². The number of Topliss-reactive ketones (excluding diaryl/α,β-unsaturated/α-hetero) is 1. The fourth-order valence-corrected chi connectivity index (χ4v) is 3.12. The van der Waals surface area contributed by atoms with Gasteiger partial charge in [-0.2, -0.15) is 5.10 Å². The molecule has 29 heavy (non-hydrogen) atoms. The Morgan fingerprint density at radius 1 is 1.14 bits per heavy atom. The lowest BCUT2D eigenvalue weighted by atomic mass is 10.0. The van der Waals surface area contributed by atoms with E-state index in [0.29, 0.717) is 13.1 Å². The molecule has 0 saturated heterocycles. The van der Waals surface area contributed by atoms with Gasteiger partial charge in [-0.05, 0) is 24.1 Å². The van der Waals surface area contributed by atoms with Gasteiger partial charge < -0.3 is 11.1 Å². The van der Waals surface area contributed by atoms with E-state index in [9.17, 15) is 14.4 Å². The smallest absolute Gasteiger partial charge is 0.332 e. The second-order valence-corrected chi connectivity index (χ2v) is 6.91. The molecule has 0 aliphatic heterocycles. The molecule has 0 fully saturated rings. The fourth-order valence-electron chi connectivity index (χ4n) is 3.12. The van der Waals surface area contributed by atoms with Crippen LogP contribution in [0.5, 0.6) is 0 Å². The number of ketones is 1. The van der Waals surface area contributed by atoms with E-state index < -0.39 is 23.1 Å². The number of carbonyl (C=O) groups is 1. The van der Waals surface area contributed by atoms with Gasteiger partial charge in [0.25, 0.3) is 5.56 Å². The van der Waals surface area contributed by atoms with E-state index in [2.05, 4.69) is 10.4 Å². The third-order valence-electron chi connectivity index (χ3n) is 4.96.